The van der Waals surface area contributed by atoms with Gasteiger partial charge in [-0.15, -0.1) is 0 Å². The normalized spacial score (nSPS) is 26.9. The lowest BCUT2D eigenvalue weighted by molar-refractivity contribution is -0.0456. The van der Waals surface area contributed by atoms with Crippen LogP contribution in [-0.4, -0.2) is 81.2 Å². The van der Waals surface area contributed by atoms with Crippen LogP contribution < -0.4 is 0 Å². The van der Waals surface area contributed by atoms with Crippen molar-refractivity contribution in [2.24, 2.45) is 0 Å². The number of piperazine rings is 1. The predicted octanol–water partition coefficient (Wildman–Crippen LogP) is 0.655. The average Bonchev–Trinajstić information content (AvgIpc) is 2.61. The lowest BCUT2D eigenvalue weighted by Crippen LogP contribution is -2.57. The van der Waals surface area contributed by atoms with E-state index >= 15 is 0 Å². The molecule has 0 N–H and O–H groups in total. The van der Waals surface area contributed by atoms with Crippen LogP contribution in [0.15, 0.2) is 29.2 Å². The van der Waals surface area contributed by atoms with Gasteiger partial charge in [0.05, 0.1) is 17.1 Å². The van der Waals surface area contributed by atoms with E-state index in [0.717, 1.165) is 5.56 Å². The molecule has 0 aliphatic carbocycles. The molecule has 0 spiro atoms. The highest BCUT2D eigenvalue weighted by Gasteiger charge is 2.38. The Morgan fingerprint density at radius 2 is 1.30 bits per heavy atom. The highest BCUT2D eigenvalue weighted by atomic mass is 32.2. The zero-order valence-corrected chi connectivity index (χ0v) is 17.5. The van der Waals surface area contributed by atoms with Gasteiger partial charge in [-0.1, -0.05) is 17.7 Å². The van der Waals surface area contributed by atoms with Gasteiger partial charge in [0.2, 0.25) is 10.0 Å². The van der Waals surface area contributed by atoms with Crippen molar-refractivity contribution >= 4 is 20.2 Å². The lowest BCUT2D eigenvalue weighted by atomic mass is 10.2. The van der Waals surface area contributed by atoms with Gasteiger partial charge in [-0.3, -0.25) is 0 Å². The van der Waals surface area contributed by atoms with Crippen molar-refractivity contribution in [3.05, 3.63) is 29.8 Å². The van der Waals surface area contributed by atoms with Crippen LogP contribution in [0.25, 0.3) is 0 Å². The number of morpholine rings is 1. The molecule has 0 aromatic heterocycles. The van der Waals surface area contributed by atoms with Crippen molar-refractivity contribution in [1.29, 1.82) is 0 Å². The van der Waals surface area contributed by atoms with Crippen molar-refractivity contribution < 1.29 is 21.6 Å². The Labute approximate surface area is 161 Å². The monoisotopic (exact) mass is 417 g/mol. The SMILES string of the molecule is Cc1ccc(S(=O)(=O)N2CCN(S(=O)(=O)N3C[C@H](C)O[C@@H](C)C3)CC2)cc1. The summed E-state index contributed by atoms with van der Waals surface area (Å²) in [5, 5.41) is 0. The number of hydrogen-bond acceptors (Lipinski definition) is 5. The van der Waals surface area contributed by atoms with Gasteiger partial charge in [-0.05, 0) is 32.9 Å². The summed E-state index contributed by atoms with van der Waals surface area (Å²) in [4.78, 5) is 0.236. The maximum atomic E-state index is 12.9. The molecule has 2 saturated heterocycles. The fourth-order valence-corrected chi connectivity index (χ4v) is 6.65. The fourth-order valence-electron chi connectivity index (χ4n) is 3.48. The van der Waals surface area contributed by atoms with E-state index in [-0.39, 0.29) is 43.3 Å². The molecule has 0 radical (unpaired) electrons. The van der Waals surface area contributed by atoms with E-state index in [0.29, 0.717) is 13.1 Å². The van der Waals surface area contributed by atoms with Gasteiger partial charge in [0.25, 0.3) is 10.2 Å². The molecule has 0 unspecified atom stereocenters. The summed E-state index contributed by atoms with van der Waals surface area (Å²) in [5.74, 6) is 0. The lowest BCUT2D eigenvalue weighted by Gasteiger charge is -2.39. The summed E-state index contributed by atoms with van der Waals surface area (Å²) in [6, 6.07) is 6.69. The van der Waals surface area contributed by atoms with Gasteiger partial charge in [0.1, 0.15) is 0 Å². The number of ether oxygens (including phenoxy) is 1. The summed E-state index contributed by atoms with van der Waals surface area (Å²) in [6.45, 7) is 6.81. The van der Waals surface area contributed by atoms with E-state index in [4.69, 9.17) is 4.74 Å². The summed E-state index contributed by atoms with van der Waals surface area (Å²) >= 11 is 0. The van der Waals surface area contributed by atoms with Crippen LogP contribution in [0, 0.1) is 6.92 Å². The standard InChI is InChI=1S/C17H27N3O5S2/c1-14-4-6-17(7-5-14)26(21,22)18-8-10-19(11-9-18)27(23,24)20-12-15(2)25-16(3)13-20/h4-7,15-16H,8-13H2,1-3H3/t15-,16-/m0/s1. The van der Waals surface area contributed by atoms with E-state index in [9.17, 15) is 16.8 Å². The number of hydrogen-bond donors (Lipinski definition) is 0. The summed E-state index contributed by atoms with van der Waals surface area (Å²) in [5.41, 5.74) is 0.985. The number of sulfonamides is 1. The van der Waals surface area contributed by atoms with E-state index in [1.807, 2.05) is 20.8 Å². The Hall–Kier alpha value is -1.04. The number of nitrogens with zero attached hydrogens (tertiary/aromatic N) is 3. The molecule has 1 aromatic carbocycles. The molecule has 27 heavy (non-hydrogen) atoms. The van der Waals surface area contributed by atoms with Crippen molar-refractivity contribution in [2.75, 3.05) is 39.3 Å². The smallest absolute Gasteiger partial charge is 0.282 e. The molecule has 152 valence electrons. The molecule has 2 aliphatic rings. The Kier molecular flexibility index (Phi) is 5.95. The third kappa shape index (κ3) is 4.36. The molecule has 0 saturated carbocycles. The molecule has 2 fully saturated rings. The third-order valence-electron chi connectivity index (χ3n) is 4.90. The van der Waals surface area contributed by atoms with E-state index < -0.39 is 20.2 Å². The second kappa shape index (κ2) is 7.76. The fraction of sp³-hybridized carbons (Fsp3) is 0.647. The summed E-state index contributed by atoms with van der Waals surface area (Å²) in [7, 11) is -7.24. The summed E-state index contributed by atoms with van der Waals surface area (Å²) in [6.07, 6.45) is -0.321. The third-order valence-corrected chi connectivity index (χ3v) is 8.78. The minimum Gasteiger partial charge on any atom is -0.373 e. The van der Waals surface area contributed by atoms with Crippen LogP contribution >= 0.6 is 0 Å². The number of rotatable bonds is 4. The minimum absolute atomic E-state index is 0.144. The molecule has 0 bridgehead atoms. The first-order chi connectivity index (χ1) is 12.6. The maximum absolute atomic E-state index is 12.9. The molecule has 2 aliphatic heterocycles. The predicted molar refractivity (Wildman–Crippen MR) is 102 cm³/mol. The van der Waals surface area contributed by atoms with Crippen LogP contribution in [-0.2, 0) is 25.0 Å². The van der Waals surface area contributed by atoms with Crippen LogP contribution in [0.2, 0.25) is 0 Å². The van der Waals surface area contributed by atoms with Gasteiger partial charge in [0.15, 0.2) is 0 Å². The first-order valence-electron chi connectivity index (χ1n) is 9.08. The minimum atomic E-state index is -3.62. The van der Waals surface area contributed by atoms with Crippen molar-refractivity contribution in [3.8, 4) is 0 Å². The van der Waals surface area contributed by atoms with Gasteiger partial charge in [-0.25, -0.2) is 8.42 Å². The molecule has 1 aromatic rings. The zero-order chi connectivity index (χ0) is 19.8. The van der Waals surface area contributed by atoms with Gasteiger partial charge >= 0.3 is 0 Å². The van der Waals surface area contributed by atoms with Gasteiger partial charge < -0.3 is 4.74 Å². The summed E-state index contributed by atoms with van der Waals surface area (Å²) < 4.78 is 61.2. The van der Waals surface area contributed by atoms with Gasteiger partial charge in [0, 0.05) is 39.3 Å². The molecule has 0 amide bonds. The molecular formula is C17H27N3O5S2. The Bertz CT molecular complexity index is 852. The molecule has 8 nitrogen and oxygen atoms in total. The van der Waals surface area contributed by atoms with Crippen LogP contribution in [0.5, 0.6) is 0 Å². The van der Waals surface area contributed by atoms with E-state index in [1.165, 1.54) is 12.9 Å². The highest BCUT2D eigenvalue weighted by molar-refractivity contribution is 7.89. The molecule has 2 atom stereocenters. The molecular weight excluding hydrogens is 390 g/mol. The number of aryl methyl sites for hydroxylation is 1. The zero-order valence-electron chi connectivity index (χ0n) is 15.9. The molecule has 2 heterocycles. The largest absolute Gasteiger partial charge is 0.373 e. The van der Waals surface area contributed by atoms with Crippen LogP contribution in [0.3, 0.4) is 0 Å². The first kappa shape index (κ1) is 20.7. The number of benzene rings is 1. The highest BCUT2D eigenvalue weighted by Crippen LogP contribution is 2.22. The topological polar surface area (TPSA) is 87.2 Å². The van der Waals surface area contributed by atoms with E-state index in [2.05, 4.69) is 0 Å². The second-order valence-corrected chi connectivity index (χ2v) is 11.1. The Morgan fingerprint density at radius 3 is 1.81 bits per heavy atom. The molecule has 3 rings (SSSR count). The van der Waals surface area contributed by atoms with Gasteiger partial charge in [-0.2, -0.15) is 21.3 Å². The second-order valence-electron chi connectivity index (χ2n) is 7.20. The van der Waals surface area contributed by atoms with E-state index in [1.54, 1.807) is 24.3 Å². The average molecular weight is 418 g/mol. The Balaban J connectivity index is 1.68. The van der Waals surface area contributed by atoms with Crippen molar-refractivity contribution in [2.45, 2.75) is 37.9 Å². The van der Waals surface area contributed by atoms with Crippen molar-refractivity contribution in [1.82, 2.24) is 12.9 Å². The Morgan fingerprint density at radius 1 is 0.815 bits per heavy atom. The first-order valence-corrected chi connectivity index (χ1v) is 11.9. The quantitative estimate of drug-likeness (QED) is 0.718. The van der Waals surface area contributed by atoms with Crippen LogP contribution in [0.4, 0.5) is 0 Å². The van der Waals surface area contributed by atoms with Crippen molar-refractivity contribution in [3.63, 3.8) is 0 Å². The maximum Gasteiger partial charge on any atom is 0.282 e. The van der Waals surface area contributed by atoms with Crippen LogP contribution in [0.1, 0.15) is 19.4 Å². The molecule has 10 heteroatoms.